The molecule has 4 aromatic rings. The third kappa shape index (κ3) is 3.33. The van der Waals surface area contributed by atoms with E-state index in [0.29, 0.717) is 5.56 Å². The Balaban J connectivity index is 1.30. The molecule has 0 saturated carbocycles. The molecule has 0 unspecified atom stereocenters. The molecule has 1 aliphatic heterocycles. The Morgan fingerprint density at radius 2 is 1.97 bits per heavy atom. The molecule has 156 valence electrons. The molecule has 9 heteroatoms. The molecule has 31 heavy (non-hydrogen) atoms. The minimum Gasteiger partial charge on any atom is -0.335 e. The zero-order valence-electron chi connectivity index (χ0n) is 16.5. The van der Waals surface area contributed by atoms with Crippen LogP contribution in [0.2, 0.25) is 0 Å². The first-order chi connectivity index (χ1) is 15.0. The van der Waals surface area contributed by atoms with Gasteiger partial charge in [0.2, 0.25) is 0 Å². The van der Waals surface area contributed by atoms with Gasteiger partial charge in [-0.3, -0.25) is 4.68 Å². The van der Waals surface area contributed by atoms with Crippen LogP contribution in [0.3, 0.4) is 0 Å². The standard InChI is InChI=1S/C22H18F2N6O/c1-29-11-13(8-27-29)16-6-18(24)19(7-17(16)23)28-22(31)26-10-21-15-5-3-2-4-14(15)20-9-25-12-30(20)21/h2-9,11-12,21H,10H2,1H3,(H2,26,28,31)/t21-/m0/s1. The van der Waals surface area contributed by atoms with Gasteiger partial charge in [0.05, 0.1) is 36.1 Å². The highest BCUT2D eigenvalue weighted by atomic mass is 19.1. The fourth-order valence-electron chi connectivity index (χ4n) is 3.92. The van der Waals surface area contributed by atoms with Gasteiger partial charge in [0.25, 0.3) is 0 Å². The number of rotatable bonds is 4. The van der Waals surface area contributed by atoms with Crippen molar-refractivity contribution in [1.82, 2.24) is 24.6 Å². The number of nitrogens with zero attached hydrogens (tertiary/aromatic N) is 4. The maximum Gasteiger partial charge on any atom is 0.319 e. The Kier molecular flexibility index (Phi) is 4.50. The summed E-state index contributed by atoms with van der Waals surface area (Å²) in [4.78, 5) is 16.6. The van der Waals surface area contributed by atoms with Crippen LogP contribution in [0, 0.1) is 11.6 Å². The molecular weight excluding hydrogens is 402 g/mol. The molecule has 2 N–H and O–H groups in total. The molecular formula is C22H18F2N6O. The monoisotopic (exact) mass is 420 g/mol. The molecule has 1 aliphatic rings. The van der Waals surface area contributed by atoms with Crippen molar-refractivity contribution in [2.45, 2.75) is 6.04 Å². The van der Waals surface area contributed by atoms with Gasteiger partial charge >= 0.3 is 6.03 Å². The van der Waals surface area contributed by atoms with E-state index >= 15 is 0 Å². The number of nitrogens with one attached hydrogen (secondary N) is 2. The van der Waals surface area contributed by atoms with Crippen LogP contribution in [0.1, 0.15) is 11.6 Å². The van der Waals surface area contributed by atoms with Crippen molar-refractivity contribution in [2.75, 3.05) is 11.9 Å². The number of urea groups is 1. The Morgan fingerprint density at radius 1 is 1.13 bits per heavy atom. The summed E-state index contributed by atoms with van der Waals surface area (Å²) in [6.07, 6.45) is 6.52. The highest BCUT2D eigenvalue weighted by Gasteiger charge is 2.28. The van der Waals surface area contributed by atoms with Gasteiger partial charge in [-0.25, -0.2) is 18.6 Å². The second-order valence-corrected chi connectivity index (χ2v) is 7.34. The van der Waals surface area contributed by atoms with Crippen LogP contribution in [0.5, 0.6) is 0 Å². The molecule has 1 atom stereocenters. The van der Waals surface area contributed by atoms with E-state index in [0.717, 1.165) is 29.0 Å². The first kappa shape index (κ1) is 19.0. The van der Waals surface area contributed by atoms with Gasteiger partial charge in [-0.15, -0.1) is 0 Å². The fourth-order valence-corrected chi connectivity index (χ4v) is 3.92. The summed E-state index contributed by atoms with van der Waals surface area (Å²) in [6, 6.07) is 9.15. The van der Waals surface area contributed by atoms with Crippen molar-refractivity contribution in [1.29, 1.82) is 0 Å². The van der Waals surface area contributed by atoms with Crippen LogP contribution in [0.15, 0.2) is 61.3 Å². The summed E-state index contributed by atoms with van der Waals surface area (Å²) < 4.78 is 32.5. The normalized spacial score (nSPS) is 14.2. The maximum absolute atomic E-state index is 14.5. The van der Waals surface area contributed by atoms with Crippen LogP contribution in [0.25, 0.3) is 22.4 Å². The van der Waals surface area contributed by atoms with E-state index in [9.17, 15) is 13.6 Å². The lowest BCUT2D eigenvalue weighted by molar-refractivity contribution is 0.251. The first-order valence-electron chi connectivity index (χ1n) is 9.65. The van der Waals surface area contributed by atoms with Crippen molar-refractivity contribution in [3.8, 4) is 22.4 Å². The third-order valence-corrected chi connectivity index (χ3v) is 5.37. The molecule has 0 spiro atoms. The first-order valence-corrected chi connectivity index (χ1v) is 9.65. The predicted molar refractivity (Wildman–Crippen MR) is 111 cm³/mol. The molecule has 0 aliphatic carbocycles. The Morgan fingerprint density at radius 3 is 2.77 bits per heavy atom. The lowest BCUT2D eigenvalue weighted by atomic mass is 10.0. The summed E-state index contributed by atoms with van der Waals surface area (Å²) in [5, 5.41) is 9.10. The van der Waals surface area contributed by atoms with Gasteiger partial charge < -0.3 is 15.2 Å². The van der Waals surface area contributed by atoms with Gasteiger partial charge in [0, 0.05) is 42.5 Å². The number of carbonyl (C=O) groups excluding carboxylic acids is 1. The highest BCUT2D eigenvalue weighted by Crippen LogP contribution is 2.38. The molecule has 5 rings (SSSR count). The van der Waals surface area contributed by atoms with Crippen LogP contribution >= 0.6 is 0 Å². The quantitative estimate of drug-likeness (QED) is 0.525. The fraction of sp³-hybridized carbons (Fsp3) is 0.136. The predicted octanol–water partition coefficient (Wildman–Crippen LogP) is 3.95. The average Bonchev–Trinajstić information content (AvgIpc) is 3.45. The van der Waals surface area contributed by atoms with E-state index in [4.69, 9.17) is 0 Å². The van der Waals surface area contributed by atoms with Gasteiger partial charge in [-0.1, -0.05) is 24.3 Å². The lowest BCUT2D eigenvalue weighted by Crippen LogP contribution is -2.33. The van der Waals surface area contributed by atoms with Gasteiger partial charge in [-0.05, 0) is 11.6 Å². The molecule has 0 radical (unpaired) electrons. The van der Waals surface area contributed by atoms with Crippen LogP contribution in [-0.4, -0.2) is 31.9 Å². The number of hydrogen-bond acceptors (Lipinski definition) is 3. The van der Waals surface area contributed by atoms with Gasteiger partial charge in [0.1, 0.15) is 11.6 Å². The summed E-state index contributed by atoms with van der Waals surface area (Å²) >= 11 is 0. The minimum absolute atomic E-state index is 0.0757. The average molecular weight is 420 g/mol. The zero-order chi connectivity index (χ0) is 21.5. The molecule has 3 heterocycles. The topological polar surface area (TPSA) is 76.8 Å². The number of hydrogen-bond donors (Lipinski definition) is 2. The Labute approximate surface area is 176 Å². The number of carbonyl (C=O) groups is 1. The van der Waals surface area contributed by atoms with Crippen molar-refractivity contribution in [3.63, 3.8) is 0 Å². The number of benzene rings is 2. The summed E-state index contributed by atoms with van der Waals surface area (Å²) in [5.74, 6) is -1.39. The smallest absolute Gasteiger partial charge is 0.319 e. The SMILES string of the molecule is Cn1cc(-c2cc(F)c(NC(=O)NC[C@H]3c4ccccc4-c4cncn43)cc2F)cn1. The van der Waals surface area contributed by atoms with E-state index in [1.165, 1.54) is 10.9 Å². The zero-order valence-corrected chi connectivity index (χ0v) is 16.5. The molecule has 2 aromatic heterocycles. The minimum atomic E-state index is -0.737. The van der Waals surface area contributed by atoms with Crippen molar-refractivity contribution in [2.24, 2.45) is 7.05 Å². The molecule has 7 nitrogen and oxygen atoms in total. The van der Waals surface area contributed by atoms with E-state index in [1.54, 1.807) is 25.8 Å². The second-order valence-electron chi connectivity index (χ2n) is 7.34. The largest absolute Gasteiger partial charge is 0.335 e. The summed E-state index contributed by atoms with van der Waals surface area (Å²) in [5.41, 5.74) is 3.39. The molecule has 2 amide bonds. The van der Waals surface area contributed by atoms with Crippen LogP contribution in [-0.2, 0) is 7.05 Å². The van der Waals surface area contributed by atoms with Crippen LogP contribution in [0.4, 0.5) is 19.3 Å². The molecule has 0 saturated heterocycles. The van der Waals surface area contributed by atoms with Crippen molar-refractivity contribution >= 4 is 11.7 Å². The highest BCUT2D eigenvalue weighted by molar-refractivity contribution is 5.90. The lowest BCUT2D eigenvalue weighted by Gasteiger charge is -2.16. The van der Waals surface area contributed by atoms with Gasteiger partial charge in [-0.2, -0.15) is 5.10 Å². The maximum atomic E-state index is 14.5. The third-order valence-electron chi connectivity index (χ3n) is 5.37. The van der Waals surface area contributed by atoms with Crippen molar-refractivity contribution < 1.29 is 13.6 Å². The van der Waals surface area contributed by atoms with Crippen LogP contribution < -0.4 is 10.6 Å². The van der Waals surface area contributed by atoms with Gasteiger partial charge in [0.15, 0.2) is 0 Å². The number of fused-ring (bicyclic) bond motifs is 3. The molecule has 0 fully saturated rings. The Bertz CT molecular complexity index is 1290. The number of anilines is 1. The summed E-state index contributed by atoms with van der Waals surface area (Å²) in [6.45, 7) is 0.268. The molecule has 2 aromatic carbocycles. The number of aryl methyl sites for hydroxylation is 1. The Hall–Kier alpha value is -4.01. The number of imidazole rings is 1. The second kappa shape index (κ2) is 7.35. The van der Waals surface area contributed by atoms with E-state index < -0.39 is 17.7 Å². The van der Waals surface area contributed by atoms with E-state index in [2.05, 4.69) is 20.7 Å². The molecule has 0 bridgehead atoms. The number of halogens is 2. The van der Waals surface area contributed by atoms with E-state index in [-0.39, 0.29) is 23.8 Å². The number of amides is 2. The summed E-state index contributed by atoms with van der Waals surface area (Å²) in [7, 11) is 1.69. The number of aromatic nitrogens is 4. The van der Waals surface area contributed by atoms with E-state index in [1.807, 2.05) is 28.8 Å². The van der Waals surface area contributed by atoms with Crippen molar-refractivity contribution in [3.05, 3.63) is 78.5 Å².